The summed E-state index contributed by atoms with van der Waals surface area (Å²) in [5.41, 5.74) is 2.28. The lowest BCUT2D eigenvalue weighted by Crippen LogP contribution is -2.22. The van der Waals surface area contributed by atoms with Gasteiger partial charge in [-0.15, -0.1) is 0 Å². The fraction of sp³-hybridized carbons (Fsp3) is 0.150. The molecule has 1 amide bonds. The molecule has 0 bridgehead atoms. The van der Waals surface area contributed by atoms with Gasteiger partial charge in [-0.1, -0.05) is 29.3 Å². The molecule has 1 N–H and O–H groups in total. The van der Waals surface area contributed by atoms with Crippen LogP contribution < -0.4 is 5.32 Å². The number of nitrogens with zero attached hydrogens (tertiary/aromatic N) is 2. The number of aromatic nitrogens is 2. The third kappa shape index (κ3) is 4.55. The molecule has 3 rings (SSSR count). The highest BCUT2D eigenvalue weighted by atomic mass is 35.5. The summed E-state index contributed by atoms with van der Waals surface area (Å²) < 4.78 is 20.2. The molecule has 144 valence electrons. The minimum atomic E-state index is -0.951. The largest absolute Gasteiger partial charge is 0.452 e. The van der Waals surface area contributed by atoms with Gasteiger partial charge in [0.2, 0.25) is 0 Å². The van der Waals surface area contributed by atoms with E-state index >= 15 is 0 Å². The molecule has 6 nitrogen and oxygen atoms in total. The van der Waals surface area contributed by atoms with Crippen LogP contribution in [0.15, 0.2) is 48.5 Å². The molecular weight excluding hydrogens is 385 g/mol. The van der Waals surface area contributed by atoms with Crippen LogP contribution in [0.3, 0.4) is 0 Å². The standard InChI is InChI=1S/C20H17ClFN3O3/c1-12-3-6-15(7-4-12)25-18(9-13(2)24-25)23-19(26)11-28-20(27)16-8-5-14(21)10-17(16)22/h3-10H,11H2,1-2H3,(H,23,26). The quantitative estimate of drug-likeness (QED) is 0.654. The Labute approximate surface area is 165 Å². The first-order valence-corrected chi connectivity index (χ1v) is 8.77. The van der Waals surface area contributed by atoms with E-state index in [1.54, 1.807) is 17.7 Å². The van der Waals surface area contributed by atoms with Crippen LogP contribution in [0.1, 0.15) is 21.6 Å². The Bertz CT molecular complexity index is 1030. The van der Waals surface area contributed by atoms with E-state index in [9.17, 15) is 14.0 Å². The number of carbonyl (C=O) groups is 2. The van der Waals surface area contributed by atoms with Crippen LogP contribution in [0, 0.1) is 19.7 Å². The molecule has 1 heterocycles. The smallest absolute Gasteiger partial charge is 0.341 e. The van der Waals surface area contributed by atoms with Crippen molar-refractivity contribution in [3.8, 4) is 5.69 Å². The second-order valence-corrected chi connectivity index (χ2v) is 6.60. The summed E-state index contributed by atoms with van der Waals surface area (Å²) in [5.74, 6) is -1.91. The highest BCUT2D eigenvalue weighted by molar-refractivity contribution is 6.30. The zero-order chi connectivity index (χ0) is 20.3. The maximum Gasteiger partial charge on any atom is 0.341 e. The predicted octanol–water partition coefficient (Wildman–Crippen LogP) is 4.08. The van der Waals surface area contributed by atoms with Crippen molar-refractivity contribution >= 4 is 29.3 Å². The van der Waals surface area contributed by atoms with Crippen molar-refractivity contribution in [3.63, 3.8) is 0 Å². The molecule has 0 spiro atoms. The topological polar surface area (TPSA) is 73.2 Å². The van der Waals surface area contributed by atoms with Gasteiger partial charge in [0, 0.05) is 11.1 Å². The van der Waals surface area contributed by atoms with Gasteiger partial charge in [0.05, 0.1) is 16.9 Å². The third-order valence-corrected chi connectivity index (χ3v) is 4.10. The van der Waals surface area contributed by atoms with Gasteiger partial charge in [-0.3, -0.25) is 4.79 Å². The number of hydrogen-bond acceptors (Lipinski definition) is 4. The summed E-state index contributed by atoms with van der Waals surface area (Å²) in [7, 11) is 0. The van der Waals surface area contributed by atoms with E-state index in [4.69, 9.17) is 16.3 Å². The molecule has 0 unspecified atom stereocenters. The number of esters is 1. The van der Waals surface area contributed by atoms with Crippen LogP contribution in [-0.4, -0.2) is 28.3 Å². The zero-order valence-electron chi connectivity index (χ0n) is 15.2. The van der Waals surface area contributed by atoms with E-state index in [0.29, 0.717) is 11.5 Å². The molecule has 0 radical (unpaired) electrons. The highest BCUT2D eigenvalue weighted by Gasteiger charge is 2.16. The molecule has 1 aromatic heterocycles. The minimum absolute atomic E-state index is 0.159. The molecule has 0 atom stereocenters. The van der Waals surface area contributed by atoms with Crippen molar-refractivity contribution in [3.05, 3.63) is 76.2 Å². The lowest BCUT2D eigenvalue weighted by molar-refractivity contribution is -0.119. The van der Waals surface area contributed by atoms with Crippen molar-refractivity contribution in [1.29, 1.82) is 0 Å². The highest BCUT2D eigenvalue weighted by Crippen LogP contribution is 2.18. The molecular formula is C20H17ClFN3O3. The molecule has 0 saturated heterocycles. The maximum absolute atomic E-state index is 13.7. The van der Waals surface area contributed by atoms with E-state index in [-0.39, 0.29) is 10.6 Å². The van der Waals surface area contributed by atoms with Crippen molar-refractivity contribution in [2.24, 2.45) is 0 Å². The number of carbonyl (C=O) groups excluding carboxylic acids is 2. The number of ether oxygens (including phenoxy) is 1. The fourth-order valence-corrected chi connectivity index (χ4v) is 2.67. The van der Waals surface area contributed by atoms with Crippen LogP contribution in [0.5, 0.6) is 0 Å². The van der Waals surface area contributed by atoms with E-state index in [0.717, 1.165) is 17.3 Å². The van der Waals surface area contributed by atoms with Gasteiger partial charge in [-0.25, -0.2) is 13.9 Å². The molecule has 28 heavy (non-hydrogen) atoms. The van der Waals surface area contributed by atoms with Gasteiger partial charge >= 0.3 is 5.97 Å². The molecule has 0 saturated carbocycles. The van der Waals surface area contributed by atoms with Gasteiger partial charge in [0.25, 0.3) is 5.91 Å². The van der Waals surface area contributed by atoms with Crippen LogP contribution in [-0.2, 0) is 9.53 Å². The number of aryl methyl sites for hydroxylation is 2. The summed E-state index contributed by atoms with van der Waals surface area (Å²) >= 11 is 5.65. The first-order valence-electron chi connectivity index (χ1n) is 8.39. The van der Waals surface area contributed by atoms with Gasteiger partial charge < -0.3 is 10.1 Å². The number of amides is 1. The monoisotopic (exact) mass is 401 g/mol. The summed E-state index contributed by atoms with van der Waals surface area (Å²) in [4.78, 5) is 24.1. The first kappa shape index (κ1) is 19.6. The lowest BCUT2D eigenvalue weighted by atomic mass is 10.2. The molecule has 0 fully saturated rings. The minimum Gasteiger partial charge on any atom is -0.452 e. The van der Waals surface area contributed by atoms with E-state index < -0.39 is 24.3 Å². The van der Waals surface area contributed by atoms with Gasteiger partial charge in [-0.2, -0.15) is 5.10 Å². The van der Waals surface area contributed by atoms with Crippen molar-refractivity contribution in [1.82, 2.24) is 9.78 Å². The maximum atomic E-state index is 13.7. The molecule has 0 aliphatic heterocycles. The normalized spacial score (nSPS) is 10.6. The summed E-state index contributed by atoms with van der Waals surface area (Å²) in [6, 6.07) is 12.9. The van der Waals surface area contributed by atoms with E-state index in [2.05, 4.69) is 10.4 Å². The Morgan fingerprint density at radius 2 is 1.86 bits per heavy atom. The van der Waals surface area contributed by atoms with Crippen molar-refractivity contribution in [2.75, 3.05) is 11.9 Å². The average Bonchev–Trinajstić information content (AvgIpc) is 3.00. The first-order chi connectivity index (χ1) is 13.3. The summed E-state index contributed by atoms with van der Waals surface area (Å²) in [6.07, 6.45) is 0. The Kier molecular flexibility index (Phi) is 5.75. The van der Waals surface area contributed by atoms with Gasteiger partial charge in [0.15, 0.2) is 6.61 Å². The van der Waals surface area contributed by atoms with Gasteiger partial charge in [0.1, 0.15) is 11.6 Å². The second kappa shape index (κ2) is 8.22. The zero-order valence-corrected chi connectivity index (χ0v) is 16.0. The van der Waals surface area contributed by atoms with Crippen LogP contribution in [0.25, 0.3) is 5.69 Å². The van der Waals surface area contributed by atoms with Crippen molar-refractivity contribution < 1.29 is 18.7 Å². The Balaban J connectivity index is 1.67. The number of hydrogen-bond donors (Lipinski definition) is 1. The molecule has 2 aromatic carbocycles. The number of anilines is 1. The number of benzene rings is 2. The molecule has 8 heteroatoms. The SMILES string of the molecule is Cc1ccc(-n2nc(C)cc2NC(=O)COC(=O)c2ccc(Cl)cc2F)cc1. The lowest BCUT2D eigenvalue weighted by Gasteiger charge is -2.10. The number of halogens is 2. The van der Waals surface area contributed by atoms with Crippen LogP contribution >= 0.6 is 11.6 Å². The Morgan fingerprint density at radius 3 is 2.54 bits per heavy atom. The molecule has 0 aliphatic carbocycles. The van der Waals surface area contributed by atoms with Crippen LogP contribution in [0.4, 0.5) is 10.2 Å². The number of rotatable bonds is 5. The average molecular weight is 402 g/mol. The summed E-state index contributed by atoms with van der Waals surface area (Å²) in [6.45, 7) is 3.20. The van der Waals surface area contributed by atoms with E-state index in [1.165, 1.54) is 12.1 Å². The predicted molar refractivity (Wildman–Crippen MR) is 103 cm³/mol. The van der Waals surface area contributed by atoms with Gasteiger partial charge in [-0.05, 0) is 44.2 Å². The summed E-state index contributed by atoms with van der Waals surface area (Å²) in [5, 5.41) is 7.16. The Hall–Kier alpha value is -3.19. The second-order valence-electron chi connectivity index (χ2n) is 6.17. The fourth-order valence-electron chi connectivity index (χ4n) is 2.51. The van der Waals surface area contributed by atoms with Crippen molar-refractivity contribution in [2.45, 2.75) is 13.8 Å². The third-order valence-electron chi connectivity index (χ3n) is 3.86. The molecule has 0 aliphatic rings. The van der Waals surface area contributed by atoms with E-state index in [1.807, 2.05) is 31.2 Å². The number of nitrogens with one attached hydrogen (secondary N) is 1. The molecule has 3 aromatic rings. The van der Waals surface area contributed by atoms with Crippen LogP contribution in [0.2, 0.25) is 5.02 Å². The Morgan fingerprint density at radius 1 is 1.14 bits per heavy atom.